The second-order valence-corrected chi connectivity index (χ2v) is 7.43. The predicted molar refractivity (Wildman–Crippen MR) is 95.5 cm³/mol. The molecule has 0 bridgehead atoms. The summed E-state index contributed by atoms with van der Waals surface area (Å²) < 4.78 is 1.82. The molecule has 1 spiro atoms. The van der Waals surface area contributed by atoms with E-state index in [2.05, 4.69) is 26.4 Å². The number of halogens is 1. The molecule has 6 heteroatoms. The SMILES string of the molecule is Clc1ccc(CN2CCNCC23CCCCC3)c(-n2cncn2)c1. The summed E-state index contributed by atoms with van der Waals surface area (Å²) in [6.45, 7) is 4.21. The van der Waals surface area contributed by atoms with Gasteiger partial charge < -0.3 is 5.32 Å². The van der Waals surface area contributed by atoms with Crippen LogP contribution in [0, 0.1) is 0 Å². The number of benzene rings is 1. The minimum atomic E-state index is 0.315. The van der Waals surface area contributed by atoms with Gasteiger partial charge in [-0.1, -0.05) is 36.9 Å². The van der Waals surface area contributed by atoms with Gasteiger partial charge in [-0.25, -0.2) is 9.67 Å². The minimum absolute atomic E-state index is 0.315. The van der Waals surface area contributed by atoms with Gasteiger partial charge in [-0.2, -0.15) is 5.10 Å². The summed E-state index contributed by atoms with van der Waals surface area (Å²) in [5, 5.41) is 8.66. The van der Waals surface area contributed by atoms with Crippen LogP contribution < -0.4 is 5.32 Å². The van der Waals surface area contributed by atoms with E-state index in [9.17, 15) is 0 Å². The van der Waals surface area contributed by atoms with E-state index >= 15 is 0 Å². The molecule has 0 radical (unpaired) electrons. The molecule has 1 aromatic carbocycles. The summed E-state index contributed by atoms with van der Waals surface area (Å²) >= 11 is 6.23. The summed E-state index contributed by atoms with van der Waals surface area (Å²) in [5.41, 5.74) is 2.61. The minimum Gasteiger partial charge on any atom is -0.314 e. The Bertz CT molecular complexity index is 670. The van der Waals surface area contributed by atoms with Crippen molar-refractivity contribution in [3.8, 4) is 5.69 Å². The molecule has 128 valence electrons. The maximum atomic E-state index is 6.23. The zero-order chi connectivity index (χ0) is 16.4. The van der Waals surface area contributed by atoms with Gasteiger partial charge >= 0.3 is 0 Å². The van der Waals surface area contributed by atoms with Gasteiger partial charge in [0.15, 0.2) is 0 Å². The van der Waals surface area contributed by atoms with Crippen molar-refractivity contribution in [3.63, 3.8) is 0 Å². The molecule has 1 aliphatic carbocycles. The lowest BCUT2D eigenvalue weighted by Crippen LogP contribution is -2.61. The molecule has 2 aliphatic rings. The fourth-order valence-electron chi connectivity index (χ4n) is 4.26. The highest BCUT2D eigenvalue weighted by Gasteiger charge is 2.39. The van der Waals surface area contributed by atoms with Gasteiger partial charge in [0.1, 0.15) is 12.7 Å². The van der Waals surface area contributed by atoms with Crippen LogP contribution in [0.25, 0.3) is 5.69 Å². The van der Waals surface area contributed by atoms with E-state index in [0.29, 0.717) is 5.54 Å². The van der Waals surface area contributed by atoms with Crippen molar-refractivity contribution in [2.24, 2.45) is 0 Å². The van der Waals surface area contributed by atoms with Crippen molar-refractivity contribution < 1.29 is 0 Å². The first-order valence-electron chi connectivity index (χ1n) is 8.86. The molecule has 4 rings (SSSR count). The van der Waals surface area contributed by atoms with Crippen LogP contribution in [-0.4, -0.2) is 44.8 Å². The molecule has 2 heterocycles. The summed E-state index contributed by atoms with van der Waals surface area (Å²) in [4.78, 5) is 6.77. The number of rotatable bonds is 3. The second kappa shape index (κ2) is 6.82. The fraction of sp³-hybridized carbons (Fsp3) is 0.556. The van der Waals surface area contributed by atoms with Crippen molar-refractivity contribution in [1.29, 1.82) is 0 Å². The van der Waals surface area contributed by atoms with Gasteiger partial charge in [0.2, 0.25) is 0 Å². The van der Waals surface area contributed by atoms with Gasteiger partial charge in [-0.3, -0.25) is 4.90 Å². The number of aromatic nitrogens is 3. The van der Waals surface area contributed by atoms with Crippen molar-refractivity contribution >= 4 is 11.6 Å². The lowest BCUT2D eigenvalue weighted by Gasteiger charge is -2.50. The Morgan fingerprint density at radius 3 is 2.88 bits per heavy atom. The third-order valence-electron chi connectivity index (χ3n) is 5.54. The van der Waals surface area contributed by atoms with Gasteiger partial charge in [-0.05, 0) is 30.5 Å². The van der Waals surface area contributed by atoms with Gasteiger partial charge in [0.25, 0.3) is 0 Å². The molecule has 2 aromatic rings. The molecule has 24 heavy (non-hydrogen) atoms. The molecule has 5 nitrogen and oxygen atoms in total. The fourth-order valence-corrected chi connectivity index (χ4v) is 4.42. The highest BCUT2D eigenvalue weighted by atomic mass is 35.5. The molecular formula is C18H24ClN5. The molecular weight excluding hydrogens is 322 g/mol. The predicted octanol–water partition coefficient (Wildman–Crippen LogP) is 3.03. The van der Waals surface area contributed by atoms with Gasteiger partial charge in [0.05, 0.1) is 5.69 Å². The topological polar surface area (TPSA) is 46.0 Å². The van der Waals surface area contributed by atoms with Crippen molar-refractivity contribution in [3.05, 3.63) is 41.4 Å². The number of nitrogens with zero attached hydrogens (tertiary/aromatic N) is 4. The van der Waals surface area contributed by atoms with Crippen LogP contribution in [0.2, 0.25) is 5.02 Å². The number of piperazine rings is 1. The van der Waals surface area contributed by atoms with Gasteiger partial charge in [-0.15, -0.1) is 0 Å². The third kappa shape index (κ3) is 3.08. The number of hydrogen-bond donors (Lipinski definition) is 1. The molecule has 2 fully saturated rings. The van der Waals surface area contributed by atoms with Crippen LogP contribution >= 0.6 is 11.6 Å². The largest absolute Gasteiger partial charge is 0.314 e. The molecule has 1 saturated heterocycles. The average molecular weight is 346 g/mol. The zero-order valence-corrected chi connectivity index (χ0v) is 14.7. The van der Waals surface area contributed by atoms with E-state index in [1.165, 1.54) is 37.7 Å². The first-order valence-corrected chi connectivity index (χ1v) is 9.24. The van der Waals surface area contributed by atoms with E-state index in [1.54, 1.807) is 12.7 Å². The maximum absolute atomic E-state index is 6.23. The normalized spacial score (nSPS) is 21.2. The molecule has 1 aliphatic heterocycles. The Hall–Kier alpha value is -1.43. The zero-order valence-electron chi connectivity index (χ0n) is 13.9. The van der Waals surface area contributed by atoms with Crippen LogP contribution in [0.4, 0.5) is 0 Å². The summed E-state index contributed by atoms with van der Waals surface area (Å²) in [6, 6.07) is 6.10. The smallest absolute Gasteiger partial charge is 0.138 e. The van der Waals surface area contributed by atoms with Crippen LogP contribution in [0.5, 0.6) is 0 Å². The van der Waals surface area contributed by atoms with Crippen LogP contribution in [0.1, 0.15) is 37.7 Å². The summed E-state index contributed by atoms with van der Waals surface area (Å²) in [6.07, 6.45) is 9.96. The molecule has 1 aromatic heterocycles. The van der Waals surface area contributed by atoms with E-state index in [4.69, 9.17) is 11.6 Å². The molecule has 1 saturated carbocycles. The lowest BCUT2D eigenvalue weighted by atomic mass is 9.79. The Labute approximate surface area is 148 Å². The van der Waals surface area contributed by atoms with Crippen molar-refractivity contribution in [2.45, 2.75) is 44.2 Å². The van der Waals surface area contributed by atoms with Crippen LogP contribution in [0.15, 0.2) is 30.9 Å². The Kier molecular flexibility index (Phi) is 4.57. The summed E-state index contributed by atoms with van der Waals surface area (Å²) in [5.74, 6) is 0. The summed E-state index contributed by atoms with van der Waals surface area (Å²) in [7, 11) is 0. The first kappa shape index (κ1) is 16.1. The quantitative estimate of drug-likeness (QED) is 0.928. The average Bonchev–Trinajstić information content (AvgIpc) is 3.14. The van der Waals surface area contributed by atoms with Crippen molar-refractivity contribution in [2.75, 3.05) is 19.6 Å². The Morgan fingerprint density at radius 1 is 1.21 bits per heavy atom. The molecule has 0 unspecified atom stereocenters. The van der Waals surface area contributed by atoms with Crippen LogP contribution in [-0.2, 0) is 6.54 Å². The second-order valence-electron chi connectivity index (χ2n) is 7.00. The highest BCUT2D eigenvalue weighted by Crippen LogP contribution is 2.36. The van der Waals surface area contributed by atoms with E-state index in [-0.39, 0.29) is 0 Å². The van der Waals surface area contributed by atoms with Crippen molar-refractivity contribution in [1.82, 2.24) is 25.0 Å². The van der Waals surface area contributed by atoms with Crippen LogP contribution in [0.3, 0.4) is 0 Å². The standard InChI is InChI=1S/C18H24ClN5/c19-16-5-4-15(17(10-16)24-14-21-13-22-24)11-23-9-8-20-12-18(23)6-2-1-3-7-18/h4-5,10,13-14,20H,1-3,6-9,11-12H2. The van der Waals surface area contributed by atoms with Gasteiger partial charge in [0, 0.05) is 36.7 Å². The molecule has 0 atom stereocenters. The lowest BCUT2D eigenvalue weighted by molar-refractivity contribution is 0.0208. The highest BCUT2D eigenvalue weighted by molar-refractivity contribution is 6.30. The van der Waals surface area contributed by atoms with E-state index in [1.807, 2.05) is 16.8 Å². The van der Waals surface area contributed by atoms with E-state index < -0.39 is 0 Å². The first-order chi connectivity index (χ1) is 11.8. The third-order valence-corrected chi connectivity index (χ3v) is 5.78. The Morgan fingerprint density at radius 2 is 2.08 bits per heavy atom. The molecule has 0 amide bonds. The Balaban J connectivity index is 1.64. The van der Waals surface area contributed by atoms with E-state index in [0.717, 1.165) is 36.9 Å². The monoisotopic (exact) mass is 345 g/mol. The number of hydrogen-bond acceptors (Lipinski definition) is 4. The number of nitrogens with one attached hydrogen (secondary N) is 1. The maximum Gasteiger partial charge on any atom is 0.138 e. The molecule has 1 N–H and O–H groups in total.